The Bertz CT molecular complexity index is 679. The summed E-state index contributed by atoms with van der Waals surface area (Å²) in [7, 11) is 3.21. The summed E-state index contributed by atoms with van der Waals surface area (Å²) >= 11 is 0. The predicted octanol–water partition coefficient (Wildman–Crippen LogP) is 2.78. The first kappa shape index (κ1) is 15.6. The average molecular weight is 298 g/mol. The second kappa shape index (κ2) is 7.26. The Labute approximate surface area is 129 Å². The van der Waals surface area contributed by atoms with Crippen molar-refractivity contribution in [2.75, 3.05) is 14.2 Å². The van der Waals surface area contributed by atoms with Gasteiger partial charge in [0.25, 0.3) is 5.91 Å². The van der Waals surface area contributed by atoms with Gasteiger partial charge in [0.2, 0.25) is 0 Å². The van der Waals surface area contributed by atoms with E-state index in [9.17, 15) is 4.79 Å². The predicted molar refractivity (Wildman–Crippen MR) is 85.8 cm³/mol. The van der Waals surface area contributed by atoms with Crippen LogP contribution >= 0.6 is 0 Å². The van der Waals surface area contributed by atoms with Crippen LogP contribution in [0, 0.1) is 6.92 Å². The van der Waals surface area contributed by atoms with Crippen LogP contribution in [0.25, 0.3) is 0 Å². The molecule has 5 nitrogen and oxygen atoms in total. The van der Waals surface area contributed by atoms with E-state index in [-0.39, 0.29) is 5.91 Å². The Hall–Kier alpha value is -2.82. The second-order valence-corrected chi connectivity index (χ2v) is 4.66. The molecule has 2 rings (SSSR count). The summed E-state index contributed by atoms with van der Waals surface area (Å²) in [5, 5.41) is 3.96. The Morgan fingerprint density at radius 1 is 1.09 bits per heavy atom. The molecular formula is C17H18N2O3. The Kier molecular flexibility index (Phi) is 5.14. The van der Waals surface area contributed by atoms with Crippen molar-refractivity contribution < 1.29 is 14.3 Å². The van der Waals surface area contributed by atoms with E-state index < -0.39 is 0 Å². The molecule has 0 fully saturated rings. The maximum absolute atomic E-state index is 11.9. The highest BCUT2D eigenvalue weighted by molar-refractivity contribution is 5.95. The van der Waals surface area contributed by atoms with Crippen molar-refractivity contribution in [3.8, 4) is 11.5 Å². The first-order valence-corrected chi connectivity index (χ1v) is 6.76. The quantitative estimate of drug-likeness (QED) is 0.682. The molecule has 0 bridgehead atoms. The highest BCUT2D eigenvalue weighted by atomic mass is 16.5. The number of carbonyl (C=O) groups excluding carboxylic acids is 1. The molecule has 0 unspecified atom stereocenters. The first-order valence-electron chi connectivity index (χ1n) is 6.76. The number of rotatable bonds is 5. The molecule has 2 aromatic carbocycles. The van der Waals surface area contributed by atoms with E-state index in [0.717, 1.165) is 16.9 Å². The van der Waals surface area contributed by atoms with E-state index >= 15 is 0 Å². The first-order chi connectivity index (χ1) is 10.6. The fourth-order valence-corrected chi connectivity index (χ4v) is 1.95. The van der Waals surface area contributed by atoms with Crippen molar-refractivity contribution >= 4 is 12.1 Å². The van der Waals surface area contributed by atoms with Crippen LogP contribution in [0.2, 0.25) is 0 Å². The summed E-state index contributed by atoms with van der Waals surface area (Å²) in [6.07, 6.45) is 1.59. The molecule has 0 heterocycles. The van der Waals surface area contributed by atoms with Crippen LogP contribution in [-0.2, 0) is 0 Å². The van der Waals surface area contributed by atoms with Crippen LogP contribution in [0.15, 0.2) is 47.6 Å². The van der Waals surface area contributed by atoms with E-state index in [2.05, 4.69) is 10.5 Å². The normalized spacial score (nSPS) is 10.5. The van der Waals surface area contributed by atoms with Crippen molar-refractivity contribution in [3.63, 3.8) is 0 Å². The zero-order valence-corrected chi connectivity index (χ0v) is 12.8. The zero-order chi connectivity index (χ0) is 15.9. The molecule has 0 saturated carbocycles. The molecule has 0 aromatic heterocycles. The van der Waals surface area contributed by atoms with Gasteiger partial charge in [-0.25, -0.2) is 5.43 Å². The standard InChI is InChI=1S/C17H18N2O3/c1-12-10-13(4-9-16(12)22-3)11-18-19-17(20)14-5-7-15(21-2)8-6-14/h4-11H,1-3H3,(H,19,20). The number of methoxy groups -OCH3 is 2. The molecule has 1 N–H and O–H groups in total. The second-order valence-electron chi connectivity index (χ2n) is 4.66. The van der Waals surface area contributed by atoms with Crippen LogP contribution in [-0.4, -0.2) is 26.3 Å². The summed E-state index contributed by atoms with van der Waals surface area (Å²) in [5.41, 5.74) is 4.90. The molecule has 2 aromatic rings. The van der Waals surface area contributed by atoms with E-state index in [1.807, 2.05) is 25.1 Å². The number of hydrogen-bond acceptors (Lipinski definition) is 4. The smallest absolute Gasteiger partial charge is 0.271 e. The topological polar surface area (TPSA) is 59.9 Å². The molecule has 22 heavy (non-hydrogen) atoms. The number of nitrogens with zero attached hydrogens (tertiary/aromatic N) is 1. The Morgan fingerprint density at radius 2 is 1.82 bits per heavy atom. The molecule has 0 aliphatic heterocycles. The fourth-order valence-electron chi connectivity index (χ4n) is 1.95. The molecule has 0 atom stereocenters. The summed E-state index contributed by atoms with van der Waals surface area (Å²) in [4.78, 5) is 11.9. The highest BCUT2D eigenvalue weighted by Crippen LogP contribution is 2.17. The van der Waals surface area contributed by atoms with Gasteiger partial charge in [0.05, 0.1) is 20.4 Å². The summed E-state index contributed by atoms with van der Waals surface area (Å²) < 4.78 is 10.2. The van der Waals surface area contributed by atoms with Gasteiger partial charge >= 0.3 is 0 Å². The lowest BCUT2D eigenvalue weighted by Crippen LogP contribution is -2.17. The van der Waals surface area contributed by atoms with Gasteiger partial charge in [0.1, 0.15) is 11.5 Å². The number of nitrogens with one attached hydrogen (secondary N) is 1. The van der Waals surface area contributed by atoms with E-state index in [1.54, 1.807) is 44.7 Å². The van der Waals surface area contributed by atoms with Crippen molar-refractivity contribution in [2.45, 2.75) is 6.92 Å². The largest absolute Gasteiger partial charge is 0.497 e. The third-order valence-electron chi connectivity index (χ3n) is 3.15. The van der Waals surface area contributed by atoms with Crippen molar-refractivity contribution in [1.29, 1.82) is 0 Å². The van der Waals surface area contributed by atoms with E-state index in [0.29, 0.717) is 11.3 Å². The lowest BCUT2D eigenvalue weighted by molar-refractivity contribution is 0.0955. The number of benzene rings is 2. The van der Waals surface area contributed by atoms with Gasteiger partial charge in [0.15, 0.2) is 0 Å². The molecule has 0 spiro atoms. The number of amides is 1. The average Bonchev–Trinajstić information content (AvgIpc) is 2.55. The Morgan fingerprint density at radius 3 is 2.41 bits per heavy atom. The molecule has 0 radical (unpaired) electrons. The molecule has 0 saturated heterocycles. The van der Waals surface area contributed by atoms with Gasteiger partial charge in [0, 0.05) is 5.56 Å². The lowest BCUT2D eigenvalue weighted by Gasteiger charge is -2.04. The third-order valence-corrected chi connectivity index (χ3v) is 3.15. The lowest BCUT2D eigenvalue weighted by atomic mass is 10.1. The molecule has 0 aliphatic rings. The number of ether oxygens (including phenoxy) is 2. The van der Waals surface area contributed by atoms with E-state index in [1.165, 1.54) is 0 Å². The van der Waals surface area contributed by atoms with Crippen molar-refractivity contribution in [2.24, 2.45) is 5.10 Å². The summed E-state index contributed by atoms with van der Waals surface area (Å²) in [5.74, 6) is 1.25. The molecule has 0 aliphatic carbocycles. The fraction of sp³-hybridized carbons (Fsp3) is 0.176. The maximum Gasteiger partial charge on any atom is 0.271 e. The van der Waals surface area contributed by atoms with Crippen LogP contribution in [0.4, 0.5) is 0 Å². The van der Waals surface area contributed by atoms with Crippen LogP contribution in [0.3, 0.4) is 0 Å². The van der Waals surface area contributed by atoms with Gasteiger partial charge in [-0.2, -0.15) is 5.10 Å². The van der Waals surface area contributed by atoms with Crippen LogP contribution < -0.4 is 14.9 Å². The van der Waals surface area contributed by atoms with Crippen molar-refractivity contribution in [3.05, 3.63) is 59.2 Å². The minimum Gasteiger partial charge on any atom is -0.497 e. The molecular weight excluding hydrogens is 280 g/mol. The Balaban J connectivity index is 1.99. The van der Waals surface area contributed by atoms with E-state index in [4.69, 9.17) is 9.47 Å². The van der Waals surface area contributed by atoms with Gasteiger partial charge in [-0.05, 0) is 60.5 Å². The third kappa shape index (κ3) is 3.85. The number of hydrazone groups is 1. The van der Waals surface area contributed by atoms with Crippen LogP contribution in [0.1, 0.15) is 21.5 Å². The number of aryl methyl sites for hydroxylation is 1. The minimum atomic E-state index is -0.274. The number of hydrogen-bond donors (Lipinski definition) is 1. The van der Waals surface area contributed by atoms with Gasteiger partial charge in [-0.1, -0.05) is 0 Å². The highest BCUT2D eigenvalue weighted by Gasteiger charge is 2.04. The van der Waals surface area contributed by atoms with Crippen LogP contribution in [0.5, 0.6) is 11.5 Å². The maximum atomic E-state index is 11.9. The molecule has 5 heteroatoms. The summed E-state index contributed by atoms with van der Waals surface area (Å²) in [6, 6.07) is 12.5. The van der Waals surface area contributed by atoms with Crippen molar-refractivity contribution in [1.82, 2.24) is 5.43 Å². The van der Waals surface area contributed by atoms with Gasteiger partial charge in [-0.15, -0.1) is 0 Å². The zero-order valence-electron chi connectivity index (χ0n) is 12.8. The SMILES string of the molecule is COc1ccc(C(=O)NN=Cc2ccc(OC)c(C)c2)cc1. The van der Waals surface area contributed by atoms with Gasteiger partial charge < -0.3 is 9.47 Å². The molecule has 114 valence electrons. The minimum absolute atomic E-state index is 0.274. The molecule has 1 amide bonds. The monoisotopic (exact) mass is 298 g/mol. The number of carbonyl (C=O) groups is 1. The van der Waals surface area contributed by atoms with Gasteiger partial charge in [-0.3, -0.25) is 4.79 Å². The summed E-state index contributed by atoms with van der Waals surface area (Å²) in [6.45, 7) is 1.95.